The zero-order valence-corrected chi connectivity index (χ0v) is 15.9. The summed E-state index contributed by atoms with van der Waals surface area (Å²) in [7, 11) is -3.50. The molecule has 3 rings (SSSR count). The van der Waals surface area contributed by atoms with Crippen molar-refractivity contribution >= 4 is 21.6 Å². The maximum absolute atomic E-state index is 12.9. The molecule has 1 saturated heterocycles. The molecule has 2 N–H and O–H groups in total. The molecule has 1 amide bonds. The molecule has 0 spiro atoms. The van der Waals surface area contributed by atoms with Crippen molar-refractivity contribution in [2.24, 2.45) is 0 Å². The molecule has 2 aromatic carbocycles. The van der Waals surface area contributed by atoms with Crippen LogP contribution < -0.4 is 10.2 Å². The molecule has 8 heteroatoms. The van der Waals surface area contributed by atoms with Crippen molar-refractivity contribution < 1.29 is 22.5 Å². The number of carbonyl (C=O) groups excluding carboxylic acids is 1. The molecule has 0 aromatic heterocycles. The van der Waals surface area contributed by atoms with E-state index in [4.69, 9.17) is 0 Å². The van der Waals surface area contributed by atoms with E-state index in [1.807, 2.05) is 6.92 Å². The highest BCUT2D eigenvalue weighted by molar-refractivity contribution is 7.89. The van der Waals surface area contributed by atoms with Gasteiger partial charge in [-0.15, -0.1) is 0 Å². The largest absolute Gasteiger partial charge is 0.325 e. The summed E-state index contributed by atoms with van der Waals surface area (Å²) in [5.41, 5.74) is 1.55. The van der Waals surface area contributed by atoms with E-state index in [0.717, 1.165) is 10.5 Å². The predicted molar refractivity (Wildman–Crippen MR) is 101 cm³/mol. The van der Waals surface area contributed by atoms with Crippen LogP contribution in [-0.2, 0) is 14.8 Å². The number of rotatable bonds is 5. The molecule has 6 nitrogen and oxygen atoms in total. The Morgan fingerprint density at radius 3 is 2.26 bits per heavy atom. The van der Waals surface area contributed by atoms with Crippen molar-refractivity contribution in [1.82, 2.24) is 4.31 Å². The zero-order chi connectivity index (χ0) is 19.4. The highest BCUT2D eigenvalue weighted by Crippen LogP contribution is 2.16. The Balaban J connectivity index is 1.53. The number of quaternary nitrogens is 1. The van der Waals surface area contributed by atoms with E-state index in [1.54, 1.807) is 24.3 Å². The van der Waals surface area contributed by atoms with Crippen molar-refractivity contribution in [3.05, 3.63) is 59.9 Å². The van der Waals surface area contributed by atoms with Crippen molar-refractivity contribution in [3.63, 3.8) is 0 Å². The van der Waals surface area contributed by atoms with Crippen LogP contribution in [0.25, 0.3) is 0 Å². The summed E-state index contributed by atoms with van der Waals surface area (Å²) in [6.45, 7) is 4.01. The molecule has 0 radical (unpaired) electrons. The molecule has 0 atom stereocenters. The molecule has 0 unspecified atom stereocenters. The van der Waals surface area contributed by atoms with Gasteiger partial charge in [-0.25, -0.2) is 12.8 Å². The number of hydrogen-bond acceptors (Lipinski definition) is 3. The van der Waals surface area contributed by atoms with E-state index in [9.17, 15) is 17.6 Å². The normalized spacial score (nSPS) is 16.2. The summed E-state index contributed by atoms with van der Waals surface area (Å²) >= 11 is 0. The maximum Gasteiger partial charge on any atom is 0.279 e. The molecule has 27 heavy (non-hydrogen) atoms. The lowest BCUT2D eigenvalue weighted by molar-refractivity contribution is -0.895. The van der Waals surface area contributed by atoms with Crippen LogP contribution in [0.2, 0.25) is 0 Å². The topological polar surface area (TPSA) is 70.9 Å². The van der Waals surface area contributed by atoms with Gasteiger partial charge in [0.05, 0.1) is 31.1 Å². The number of piperazine rings is 1. The SMILES string of the molecule is Cc1ccc(S(=O)(=O)N2CC[NH+](CC(=O)Nc3ccc(F)cc3)CC2)cc1. The molecule has 1 heterocycles. The van der Waals surface area contributed by atoms with Crippen LogP contribution in [0.5, 0.6) is 0 Å². The molecule has 0 aliphatic carbocycles. The van der Waals surface area contributed by atoms with Crippen LogP contribution >= 0.6 is 0 Å². The lowest BCUT2D eigenvalue weighted by atomic mass is 10.2. The molecule has 1 aliphatic rings. The molecule has 2 aromatic rings. The van der Waals surface area contributed by atoms with Crippen LogP contribution in [0.15, 0.2) is 53.4 Å². The van der Waals surface area contributed by atoms with Crippen molar-refractivity contribution in [2.75, 3.05) is 38.0 Å². The number of nitrogens with one attached hydrogen (secondary N) is 2. The Labute approximate surface area is 158 Å². The molecule has 144 valence electrons. The fourth-order valence-electron chi connectivity index (χ4n) is 3.04. The summed E-state index contributed by atoms with van der Waals surface area (Å²) < 4.78 is 39.8. The van der Waals surface area contributed by atoms with Crippen molar-refractivity contribution in [1.29, 1.82) is 0 Å². The Hall–Kier alpha value is -2.29. The van der Waals surface area contributed by atoms with E-state index >= 15 is 0 Å². The first-order chi connectivity index (χ1) is 12.8. The van der Waals surface area contributed by atoms with Gasteiger partial charge in [0.2, 0.25) is 10.0 Å². The first-order valence-electron chi connectivity index (χ1n) is 8.80. The molecule has 1 aliphatic heterocycles. The van der Waals surface area contributed by atoms with Gasteiger partial charge >= 0.3 is 0 Å². The van der Waals surface area contributed by atoms with Gasteiger partial charge in [0.15, 0.2) is 6.54 Å². The third-order valence-corrected chi connectivity index (χ3v) is 6.54. The summed E-state index contributed by atoms with van der Waals surface area (Å²) in [5, 5.41) is 2.73. The quantitative estimate of drug-likeness (QED) is 0.786. The molecule has 0 bridgehead atoms. The minimum Gasteiger partial charge on any atom is -0.325 e. The number of nitrogens with zero attached hydrogens (tertiary/aromatic N) is 1. The van der Waals surface area contributed by atoms with Gasteiger partial charge < -0.3 is 10.2 Å². The van der Waals surface area contributed by atoms with Gasteiger partial charge in [-0.05, 0) is 43.3 Å². The summed E-state index contributed by atoms with van der Waals surface area (Å²) in [6.07, 6.45) is 0. The number of amides is 1. The predicted octanol–water partition coefficient (Wildman–Crippen LogP) is 0.662. The first kappa shape index (κ1) is 19.5. The maximum atomic E-state index is 12.9. The summed E-state index contributed by atoms with van der Waals surface area (Å²) in [5.74, 6) is -0.531. The Morgan fingerprint density at radius 2 is 1.67 bits per heavy atom. The molecular formula is C19H23FN3O3S+. The second-order valence-electron chi connectivity index (χ2n) is 6.70. The Bertz CT molecular complexity index is 891. The summed E-state index contributed by atoms with van der Waals surface area (Å²) in [4.78, 5) is 13.5. The van der Waals surface area contributed by atoms with Crippen LogP contribution in [0.1, 0.15) is 5.56 Å². The minimum absolute atomic E-state index is 0.175. The van der Waals surface area contributed by atoms with Gasteiger partial charge in [0.1, 0.15) is 5.82 Å². The van der Waals surface area contributed by atoms with Crippen LogP contribution in [0, 0.1) is 12.7 Å². The average molecular weight is 392 g/mol. The minimum atomic E-state index is -3.50. The van der Waals surface area contributed by atoms with Crippen LogP contribution in [0.3, 0.4) is 0 Å². The number of aryl methyl sites for hydroxylation is 1. The van der Waals surface area contributed by atoms with Crippen molar-refractivity contribution in [2.45, 2.75) is 11.8 Å². The second-order valence-corrected chi connectivity index (χ2v) is 8.64. The lowest BCUT2D eigenvalue weighted by Crippen LogP contribution is -3.15. The number of anilines is 1. The summed E-state index contributed by atoms with van der Waals surface area (Å²) in [6, 6.07) is 12.4. The first-order valence-corrected chi connectivity index (χ1v) is 10.2. The highest BCUT2D eigenvalue weighted by atomic mass is 32.2. The lowest BCUT2D eigenvalue weighted by Gasteiger charge is -2.31. The van der Waals surface area contributed by atoms with Crippen LogP contribution in [-0.4, -0.2) is 51.4 Å². The Kier molecular flexibility index (Phi) is 5.88. The number of sulfonamides is 1. The van der Waals surface area contributed by atoms with Crippen molar-refractivity contribution in [3.8, 4) is 0 Å². The van der Waals surface area contributed by atoms with Gasteiger partial charge in [0, 0.05) is 5.69 Å². The molecule has 1 fully saturated rings. The molecule has 0 saturated carbocycles. The van der Waals surface area contributed by atoms with E-state index in [-0.39, 0.29) is 18.3 Å². The van der Waals surface area contributed by atoms with Gasteiger partial charge in [0.25, 0.3) is 5.91 Å². The monoisotopic (exact) mass is 392 g/mol. The number of benzene rings is 2. The van der Waals surface area contributed by atoms with E-state index in [2.05, 4.69) is 5.32 Å². The Morgan fingerprint density at radius 1 is 1.07 bits per heavy atom. The standard InChI is InChI=1S/C19H22FN3O3S/c1-15-2-8-18(9-3-15)27(25,26)23-12-10-22(11-13-23)14-19(24)21-17-6-4-16(20)5-7-17/h2-9H,10-14H2,1H3,(H,21,24)/p+1. The number of carbonyl (C=O) groups is 1. The van der Waals surface area contributed by atoms with Gasteiger partial charge in [-0.2, -0.15) is 4.31 Å². The van der Waals surface area contributed by atoms with E-state index in [0.29, 0.717) is 36.8 Å². The smallest absolute Gasteiger partial charge is 0.279 e. The van der Waals surface area contributed by atoms with E-state index in [1.165, 1.54) is 28.6 Å². The van der Waals surface area contributed by atoms with Crippen LogP contribution in [0.4, 0.5) is 10.1 Å². The highest BCUT2D eigenvalue weighted by Gasteiger charge is 2.31. The second kappa shape index (κ2) is 8.16. The van der Waals surface area contributed by atoms with Gasteiger partial charge in [-0.1, -0.05) is 17.7 Å². The third kappa shape index (κ3) is 4.91. The van der Waals surface area contributed by atoms with E-state index < -0.39 is 10.0 Å². The van der Waals surface area contributed by atoms with Gasteiger partial charge in [-0.3, -0.25) is 4.79 Å². The zero-order valence-electron chi connectivity index (χ0n) is 15.1. The third-order valence-electron chi connectivity index (χ3n) is 4.63. The number of hydrogen-bond donors (Lipinski definition) is 2. The fourth-order valence-corrected chi connectivity index (χ4v) is 4.49. The molecular weight excluding hydrogens is 369 g/mol. The number of halogens is 1. The average Bonchev–Trinajstić information content (AvgIpc) is 2.64. The fraction of sp³-hybridized carbons (Fsp3) is 0.316.